The lowest BCUT2D eigenvalue weighted by atomic mass is 10.4. The average molecular weight is 228 g/mol. The smallest absolute Gasteiger partial charge is 0.354 e. The van der Waals surface area contributed by atoms with Gasteiger partial charge in [-0.25, -0.2) is 9.78 Å². The lowest BCUT2D eigenvalue weighted by Gasteiger charge is -2.08. The minimum Gasteiger partial charge on any atom is -0.477 e. The number of hydrogen-bond acceptors (Lipinski definition) is 3. The maximum Gasteiger partial charge on any atom is 0.354 e. The maximum absolute atomic E-state index is 10.9. The van der Waals surface area contributed by atoms with Gasteiger partial charge in [-0.15, -0.1) is 0 Å². The highest BCUT2D eigenvalue weighted by molar-refractivity contribution is 7.99. The van der Waals surface area contributed by atoms with E-state index in [1.807, 2.05) is 6.92 Å². The summed E-state index contributed by atoms with van der Waals surface area (Å²) in [6.45, 7) is 6.80. The topological polar surface area (TPSA) is 55.1 Å². The molecule has 0 atom stereocenters. The van der Waals surface area contributed by atoms with E-state index in [4.69, 9.17) is 5.11 Å². The molecule has 15 heavy (non-hydrogen) atoms. The Morgan fingerprint density at radius 3 is 2.80 bits per heavy atom. The second kappa shape index (κ2) is 5.21. The molecule has 0 aliphatic carbocycles. The van der Waals surface area contributed by atoms with E-state index in [1.165, 1.54) is 6.20 Å². The first-order valence-electron chi connectivity index (χ1n) is 4.95. The summed E-state index contributed by atoms with van der Waals surface area (Å²) < 4.78 is 1.75. The van der Waals surface area contributed by atoms with Crippen LogP contribution in [0.5, 0.6) is 0 Å². The fourth-order valence-corrected chi connectivity index (χ4v) is 2.01. The van der Waals surface area contributed by atoms with E-state index in [9.17, 15) is 4.79 Å². The minimum absolute atomic E-state index is 0.275. The largest absolute Gasteiger partial charge is 0.477 e. The highest BCUT2D eigenvalue weighted by atomic mass is 32.2. The number of thioether (sulfide) groups is 1. The van der Waals surface area contributed by atoms with Gasteiger partial charge in [-0.3, -0.25) is 0 Å². The normalized spacial score (nSPS) is 10.9. The summed E-state index contributed by atoms with van der Waals surface area (Å²) >= 11 is 1.76. The van der Waals surface area contributed by atoms with E-state index in [0.717, 1.165) is 11.6 Å². The van der Waals surface area contributed by atoms with Crippen LogP contribution in [0.1, 0.15) is 37.1 Å². The number of carbonyl (C=O) groups is 1. The van der Waals surface area contributed by atoms with E-state index in [-0.39, 0.29) is 5.69 Å². The number of rotatable bonds is 5. The number of aromatic carboxylic acids is 1. The van der Waals surface area contributed by atoms with Crippen molar-refractivity contribution in [3.05, 3.63) is 17.7 Å². The SMILES string of the molecule is CCn1c(C(=O)O)cnc1CSC(C)C. The summed E-state index contributed by atoms with van der Waals surface area (Å²) in [4.78, 5) is 15.0. The second-order valence-electron chi connectivity index (χ2n) is 3.47. The molecule has 0 saturated heterocycles. The molecule has 1 N–H and O–H groups in total. The van der Waals surface area contributed by atoms with Crippen LogP contribution in [0.2, 0.25) is 0 Å². The van der Waals surface area contributed by atoms with E-state index < -0.39 is 5.97 Å². The van der Waals surface area contributed by atoms with E-state index in [2.05, 4.69) is 18.8 Å². The summed E-state index contributed by atoms with van der Waals surface area (Å²) in [5, 5.41) is 9.45. The quantitative estimate of drug-likeness (QED) is 0.839. The molecule has 1 aromatic heterocycles. The summed E-state index contributed by atoms with van der Waals surface area (Å²) in [6, 6.07) is 0. The third-order valence-corrected chi connectivity index (χ3v) is 3.11. The van der Waals surface area contributed by atoms with E-state index in [0.29, 0.717) is 11.8 Å². The lowest BCUT2D eigenvalue weighted by Crippen LogP contribution is -2.10. The van der Waals surface area contributed by atoms with Crippen molar-refractivity contribution < 1.29 is 9.90 Å². The van der Waals surface area contributed by atoms with Gasteiger partial charge in [0.25, 0.3) is 0 Å². The van der Waals surface area contributed by atoms with Gasteiger partial charge in [0, 0.05) is 6.54 Å². The molecule has 5 heteroatoms. The molecule has 0 saturated carbocycles. The Labute approximate surface area is 93.7 Å². The third-order valence-electron chi connectivity index (χ3n) is 2.02. The van der Waals surface area contributed by atoms with Gasteiger partial charge in [0.2, 0.25) is 0 Å². The van der Waals surface area contributed by atoms with Gasteiger partial charge < -0.3 is 9.67 Å². The molecule has 1 aromatic rings. The molecule has 0 fully saturated rings. The molecule has 0 spiro atoms. The van der Waals surface area contributed by atoms with Crippen LogP contribution in [0.3, 0.4) is 0 Å². The summed E-state index contributed by atoms with van der Waals surface area (Å²) in [7, 11) is 0. The van der Waals surface area contributed by atoms with Crippen LogP contribution in [0, 0.1) is 0 Å². The Morgan fingerprint density at radius 2 is 2.33 bits per heavy atom. The number of aromatic nitrogens is 2. The van der Waals surface area contributed by atoms with Crippen LogP contribution in [-0.2, 0) is 12.3 Å². The Balaban J connectivity index is 2.84. The van der Waals surface area contributed by atoms with Gasteiger partial charge >= 0.3 is 5.97 Å². The standard InChI is InChI=1S/C10H16N2O2S/c1-4-12-8(10(13)14)5-11-9(12)6-15-7(2)3/h5,7H,4,6H2,1-3H3,(H,13,14). The van der Waals surface area contributed by atoms with Crippen LogP contribution < -0.4 is 0 Å². The number of nitrogens with zero attached hydrogens (tertiary/aromatic N) is 2. The van der Waals surface area contributed by atoms with Gasteiger partial charge in [0.15, 0.2) is 0 Å². The van der Waals surface area contributed by atoms with Crippen molar-refractivity contribution in [2.45, 2.75) is 38.3 Å². The van der Waals surface area contributed by atoms with Crippen molar-refractivity contribution in [2.75, 3.05) is 0 Å². The number of carboxylic acid groups (broad SMARTS) is 1. The predicted octanol–water partition coefficient (Wildman–Crippen LogP) is 2.24. The zero-order chi connectivity index (χ0) is 11.4. The molecular weight excluding hydrogens is 212 g/mol. The fraction of sp³-hybridized carbons (Fsp3) is 0.600. The highest BCUT2D eigenvalue weighted by Crippen LogP contribution is 2.17. The molecule has 0 bridgehead atoms. The summed E-state index contributed by atoms with van der Waals surface area (Å²) in [5.74, 6) is 0.692. The first kappa shape index (κ1) is 12.1. The van der Waals surface area contributed by atoms with E-state index in [1.54, 1.807) is 16.3 Å². The second-order valence-corrected chi connectivity index (χ2v) is 5.03. The fourth-order valence-electron chi connectivity index (χ4n) is 1.29. The number of carboxylic acids is 1. The van der Waals surface area contributed by atoms with Crippen molar-refractivity contribution in [1.29, 1.82) is 0 Å². The Hall–Kier alpha value is -0.970. The van der Waals surface area contributed by atoms with Crippen molar-refractivity contribution >= 4 is 17.7 Å². The first-order chi connectivity index (χ1) is 7.06. The maximum atomic E-state index is 10.9. The summed E-state index contributed by atoms with van der Waals surface area (Å²) in [6.07, 6.45) is 1.43. The van der Waals surface area contributed by atoms with Gasteiger partial charge in [-0.2, -0.15) is 11.8 Å². The number of hydrogen-bond donors (Lipinski definition) is 1. The van der Waals surface area contributed by atoms with Gasteiger partial charge in [-0.05, 0) is 12.2 Å². The molecule has 1 heterocycles. The zero-order valence-electron chi connectivity index (χ0n) is 9.23. The predicted molar refractivity (Wildman–Crippen MR) is 61.3 cm³/mol. The Kier molecular flexibility index (Phi) is 4.20. The molecule has 0 radical (unpaired) electrons. The van der Waals surface area contributed by atoms with Gasteiger partial charge in [0.05, 0.1) is 11.9 Å². The molecule has 84 valence electrons. The number of imidazole rings is 1. The van der Waals surface area contributed by atoms with Crippen molar-refractivity contribution in [3.8, 4) is 0 Å². The monoisotopic (exact) mass is 228 g/mol. The molecule has 0 unspecified atom stereocenters. The van der Waals surface area contributed by atoms with Gasteiger partial charge in [0.1, 0.15) is 11.5 Å². The van der Waals surface area contributed by atoms with Crippen molar-refractivity contribution in [2.24, 2.45) is 0 Å². The minimum atomic E-state index is -0.912. The zero-order valence-corrected chi connectivity index (χ0v) is 10.0. The third kappa shape index (κ3) is 2.99. The molecule has 1 rings (SSSR count). The first-order valence-corrected chi connectivity index (χ1v) is 6.00. The highest BCUT2D eigenvalue weighted by Gasteiger charge is 2.14. The molecule has 4 nitrogen and oxygen atoms in total. The van der Waals surface area contributed by atoms with Gasteiger partial charge in [-0.1, -0.05) is 13.8 Å². The summed E-state index contributed by atoms with van der Waals surface area (Å²) in [5.41, 5.74) is 0.275. The lowest BCUT2D eigenvalue weighted by molar-refractivity contribution is 0.0685. The van der Waals surface area contributed by atoms with Crippen LogP contribution in [0.4, 0.5) is 0 Å². The molecule has 0 aliphatic heterocycles. The molecule has 0 aromatic carbocycles. The van der Waals surface area contributed by atoms with Crippen LogP contribution in [0.15, 0.2) is 6.20 Å². The van der Waals surface area contributed by atoms with Crippen LogP contribution >= 0.6 is 11.8 Å². The molecule has 0 amide bonds. The van der Waals surface area contributed by atoms with Crippen LogP contribution in [-0.4, -0.2) is 25.9 Å². The average Bonchev–Trinajstić information content (AvgIpc) is 2.57. The van der Waals surface area contributed by atoms with Crippen LogP contribution in [0.25, 0.3) is 0 Å². The van der Waals surface area contributed by atoms with E-state index >= 15 is 0 Å². The Bertz CT molecular complexity index is 347. The van der Waals surface area contributed by atoms with Crippen molar-refractivity contribution in [1.82, 2.24) is 9.55 Å². The Morgan fingerprint density at radius 1 is 1.67 bits per heavy atom. The van der Waals surface area contributed by atoms with Crippen molar-refractivity contribution in [3.63, 3.8) is 0 Å². The molecule has 0 aliphatic rings. The molecular formula is C10H16N2O2S.